The van der Waals surface area contributed by atoms with E-state index in [9.17, 15) is 4.79 Å². The maximum Gasteiger partial charge on any atom is 0.345 e. The summed E-state index contributed by atoms with van der Waals surface area (Å²) in [6.07, 6.45) is 3.00. The minimum atomic E-state index is -1.13. The minimum Gasteiger partial charge on any atom is -0.467 e. The maximum atomic E-state index is 13.1. The fourth-order valence-electron chi connectivity index (χ4n) is 4.64. The van der Waals surface area contributed by atoms with Crippen LogP contribution in [-0.2, 0) is 26.4 Å². The molecule has 3 atom stereocenters. The van der Waals surface area contributed by atoms with Crippen LogP contribution in [0.2, 0.25) is 0 Å². The van der Waals surface area contributed by atoms with Crippen LogP contribution in [0.25, 0.3) is 10.9 Å². The van der Waals surface area contributed by atoms with Gasteiger partial charge in [-0.3, -0.25) is 4.90 Å². The number of aromatic amines is 1. The number of H-pyrrole nitrogens is 1. The summed E-state index contributed by atoms with van der Waals surface area (Å²) in [6.45, 7) is 4.65. The monoisotopic (exact) mass is 340 g/mol. The van der Waals surface area contributed by atoms with Gasteiger partial charge < -0.3 is 14.5 Å². The molecule has 5 rings (SSSR count). The first-order valence-electron chi connectivity index (χ1n) is 8.76. The molecule has 0 amide bonds. The van der Waals surface area contributed by atoms with Crippen LogP contribution in [-0.4, -0.2) is 43.2 Å². The number of benzene rings is 1. The van der Waals surface area contributed by atoms with Gasteiger partial charge in [0.1, 0.15) is 0 Å². The number of fused-ring (bicyclic) bond motifs is 3. The van der Waals surface area contributed by atoms with Crippen LogP contribution in [0.3, 0.4) is 0 Å². The van der Waals surface area contributed by atoms with E-state index in [0.29, 0.717) is 0 Å². The fraction of sp³-hybridized carbons (Fsp3) is 0.450. The van der Waals surface area contributed by atoms with E-state index in [-0.39, 0.29) is 11.9 Å². The Kier molecular flexibility index (Phi) is 3.93. The van der Waals surface area contributed by atoms with Crippen molar-refractivity contribution in [1.82, 2.24) is 9.88 Å². The number of carbonyl (C=O) groups is 1. The van der Waals surface area contributed by atoms with E-state index < -0.39 is 5.60 Å². The first-order valence-corrected chi connectivity index (χ1v) is 8.76. The first-order chi connectivity index (χ1) is 12.2. The number of methoxy groups -OCH3 is 2. The third-order valence-corrected chi connectivity index (χ3v) is 5.83. The molecular weight excluding hydrogens is 316 g/mol. The molecule has 1 aromatic heterocycles. The van der Waals surface area contributed by atoms with Crippen molar-refractivity contribution in [3.05, 3.63) is 47.2 Å². The van der Waals surface area contributed by atoms with E-state index in [0.717, 1.165) is 48.2 Å². The van der Waals surface area contributed by atoms with Crippen molar-refractivity contribution in [2.75, 3.05) is 27.3 Å². The predicted molar refractivity (Wildman–Crippen MR) is 96.1 cm³/mol. The number of ether oxygens (including phenoxy) is 2. The molecule has 5 heteroatoms. The smallest absolute Gasteiger partial charge is 0.345 e. The summed E-state index contributed by atoms with van der Waals surface area (Å²) in [5.41, 5.74) is 3.13. The van der Waals surface area contributed by atoms with Gasteiger partial charge in [0.05, 0.1) is 12.8 Å². The van der Waals surface area contributed by atoms with E-state index >= 15 is 0 Å². The lowest BCUT2D eigenvalue weighted by Gasteiger charge is -2.46. The third-order valence-electron chi connectivity index (χ3n) is 5.83. The van der Waals surface area contributed by atoms with Gasteiger partial charge in [0.25, 0.3) is 0 Å². The number of para-hydroxylation sites is 1. The van der Waals surface area contributed by atoms with E-state index in [2.05, 4.69) is 22.0 Å². The summed E-state index contributed by atoms with van der Waals surface area (Å²) < 4.78 is 11.3. The molecule has 2 bridgehead atoms. The van der Waals surface area contributed by atoms with Gasteiger partial charge in [0.15, 0.2) is 0 Å². The Morgan fingerprint density at radius 3 is 2.84 bits per heavy atom. The number of esters is 1. The fourth-order valence-corrected chi connectivity index (χ4v) is 4.64. The van der Waals surface area contributed by atoms with Crippen molar-refractivity contribution in [3.63, 3.8) is 0 Å². The van der Waals surface area contributed by atoms with Gasteiger partial charge in [-0.05, 0) is 31.5 Å². The Morgan fingerprint density at radius 2 is 2.12 bits per heavy atom. The van der Waals surface area contributed by atoms with Crippen LogP contribution in [0.1, 0.15) is 24.6 Å². The Bertz CT molecular complexity index is 854. The number of nitrogens with zero attached hydrogens (tertiary/aromatic N) is 1. The minimum absolute atomic E-state index is 0.0293. The highest BCUT2D eigenvalue weighted by molar-refractivity contribution is 5.90. The second-order valence-corrected chi connectivity index (χ2v) is 6.87. The lowest BCUT2D eigenvalue weighted by atomic mass is 9.72. The molecular formula is C20H24N2O3. The molecule has 0 radical (unpaired) electrons. The van der Waals surface area contributed by atoms with Crippen LogP contribution in [0.5, 0.6) is 0 Å². The average molecular weight is 340 g/mol. The van der Waals surface area contributed by atoms with Gasteiger partial charge >= 0.3 is 5.97 Å². The molecule has 0 aliphatic carbocycles. The van der Waals surface area contributed by atoms with E-state index in [1.165, 1.54) is 12.7 Å². The highest BCUT2D eigenvalue weighted by Gasteiger charge is 2.55. The SMILES string of the molecule is C/C=C1\CN2CC[C@@H]1[C@](OC)(C(=O)OC)c1[nH]c3ccccc3c1C2. The third kappa shape index (κ3) is 2.19. The molecule has 4 heterocycles. The molecule has 1 saturated heterocycles. The van der Waals surface area contributed by atoms with E-state index in [1.807, 2.05) is 25.1 Å². The van der Waals surface area contributed by atoms with Crippen molar-refractivity contribution >= 4 is 16.9 Å². The second-order valence-electron chi connectivity index (χ2n) is 6.87. The standard InChI is InChI=1S/C20H24N2O3/c1-4-13-11-22-10-9-16(13)20(25-3,19(23)24-2)18-15(12-22)14-7-5-6-8-17(14)21-18/h4-8,16,21H,9-12H2,1-3H3/b13-4+/t16-,20+/m0/s1. The highest BCUT2D eigenvalue weighted by atomic mass is 16.6. The number of carbonyl (C=O) groups excluding carboxylic acids is 1. The van der Waals surface area contributed by atoms with Gasteiger partial charge in [-0.2, -0.15) is 0 Å². The lowest BCUT2D eigenvalue weighted by molar-refractivity contribution is -0.177. The summed E-state index contributed by atoms with van der Waals surface area (Å²) in [6, 6.07) is 8.19. The number of aromatic nitrogens is 1. The number of rotatable bonds is 2. The van der Waals surface area contributed by atoms with Gasteiger partial charge in [-0.15, -0.1) is 0 Å². The summed E-state index contributed by atoms with van der Waals surface area (Å²) in [5.74, 6) is -0.360. The number of nitrogens with one attached hydrogen (secondary N) is 1. The first kappa shape index (κ1) is 16.4. The topological polar surface area (TPSA) is 54.6 Å². The van der Waals surface area contributed by atoms with Crippen molar-refractivity contribution in [1.29, 1.82) is 0 Å². The molecule has 1 fully saturated rings. The zero-order valence-corrected chi connectivity index (χ0v) is 15.0. The summed E-state index contributed by atoms with van der Waals surface area (Å²) in [4.78, 5) is 19.0. The van der Waals surface area contributed by atoms with Crippen molar-refractivity contribution in [2.45, 2.75) is 25.5 Å². The zero-order valence-electron chi connectivity index (χ0n) is 15.0. The number of hydrogen-bond donors (Lipinski definition) is 1. The van der Waals surface area contributed by atoms with Crippen molar-refractivity contribution in [3.8, 4) is 0 Å². The molecule has 3 aliphatic heterocycles. The van der Waals surface area contributed by atoms with Crippen LogP contribution < -0.4 is 0 Å². The van der Waals surface area contributed by atoms with Crippen molar-refractivity contribution in [2.24, 2.45) is 5.92 Å². The van der Waals surface area contributed by atoms with Crippen LogP contribution in [0, 0.1) is 5.92 Å². The number of piperidine rings is 1. The lowest BCUT2D eigenvalue weighted by Crippen LogP contribution is -2.53. The maximum absolute atomic E-state index is 13.1. The zero-order chi connectivity index (χ0) is 17.6. The molecule has 1 unspecified atom stereocenters. The Labute approximate surface area is 147 Å². The summed E-state index contributed by atoms with van der Waals surface area (Å²) in [7, 11) is 3.06. The molecule has 2 aromatic rings. The molecule has 25 heavy (non-hydrogen) atoms. The predicted octanol–water partition coefficient (Wildman–Crippen LogP) is 2.96. The van der Waals surface area contributed by atoms with Gasteiger partial charge in [-0.1, -0.05) is 29.8 Å². The molecule has 5 nitrogen and oxygen atoms in total. The molecule has 3 aliphatic rings. The number of allylic oxidation sites excluding steroid dienone is 1. The van der Waals surface area contributed by atoms with Crippen LogP contribution >= 0.6 is 0 Å². The Balaban J connectivity index is 2.06. The number of hydrogen-bond acceptors (Lipinski definition) is 4. The summed E-state index contributed by atoms with van der Waals surface area (Å²) in [5, 5.41) is 1.15. The van der Waals surface area contributed by atoms with Crippen molar-refractivity contribution < 1.29 is 14.3 Å². The van der Waals surface area contributed by atoms with Gasteiger partial charge in [-0.25, -0.2) is 4.79 Å². The molecule has 0 saturated carbocycles. The van der Waals surface area contributed by atoms with E-state index in [4.69, 9.17) is 9.47 Å². The van der Waals surface area contributed by atoms with Crippen LogP contribution in [0.4, 0.5) is 0 Å². The molecule has 1 N–H and O–H groups in total. The Morgan fingerprint density at radius 1 is 1.32 bits per heavy atom. The molecule has 0 spiro atoms. The quantitative estimate of drug-likeness (QED) is 0.675. The van der Waals surface area contributed by atoms with Gasteiger partial charge in [0.2, 0.25) is 5.60 Å². The largest absolute Gasteiger partial charge is 0.467 e. The molecule has 132 valence electrons. The summed E-state index contributed by atoms with van der Waals surface area (Å²) >= 11 is 0. The molecule has 1 aromatic carbocycles. The highest BCUT2D eigenvalue weighted by Crippen LogP contribution is 2.47. The normalized spacial score (nSPS) is 30.1. The average Bonchev–Trinajstić information content (AvgIpc) is 2.99. The Hall–Kier alpha value is -2.11. The van der Waals surface area contributed by atoms with Crippen LogP contribution in [0.15, 0.2) is 35.9 Å². The van der Waals surface area contributed by atoms with E-state index in [1.54, 1.807) is 7.11 Å². The second kappa shape index (κ2) is 6.00. The van der Waals surface area contributed by atoms with Gasteiger partial charge in [0, 0.05) is 37.0 Å².